The Hall–Kier alpha value is -3.46. The summed E-state index contributed by atoms with van der Waals surface area (Å²) < 4.78 is 7.05. The molecule has 1 N–H and O–H groups in total. The van der Waals surface area contributed by atoms with E-state index >= 15 is 0 Å². The molecule has 1 amide bonds. The Bertz CT molecular complexity index is 1200. The molecule has 0 radical (unpaired) electrons. The van der Waals surface area contributed by atoms with Crippen LogP contribution in [0, 0.1) is 6.92 Å². The minimum absolute atomic E-state index is 0.160. The SMILES string of the molecule is CCc1cccc(CC)c1-n1c(SCC(=O)Nc2cc(C)on2)nnc1-c1cccnc1. The van der Waals surface area contributed by atoms with Crippen LogP contribution < -0.4 is 5.32 Å². The maximum atomic E-state index is 12.5. The highest BCUT2D eigenvalue weighted by Crippen LogP contribution is 2.32. The van der Waals surface area contributed by atoms with Crippen molar-refractivity contribution in [1.29, 1.82) is 0 Å². The van der Waals surface area contributed by atoms with Gasteiger partial charge in [-0.3, -0.25) is 14.3 Å². The van der Waals surface area contributed by atoms with E-state index in [1.165, 1.54) is 22.9 Å². The first-order valence-corrected chi connectivity index (χ1v) is 11.4. The molecule has 0 spiro atoms. The van der Waals surface area contributed by atoms with Crippen molar-refractivity contribution in [2.75, 3.05) is 11.1 Å². The van der Waals surface area contributed by atoms with Crippen molar-refractivity contribution in [2.24, 2.45) is 0 Å². The Morgan fingerprint density at radius 2 is 1.91 bits per heavy atom. The predicted molar refractivity (Wildman–Crippen MR) is 124 cm³/mol. The smallest absolute Gasteiger partial charge is 0.236 e. The fourth-order valence-electron chi connectivity index (χ4n) is 3.48. The summed E-state index contributed by atoms with van der Waals surface area (Å²) in [6.07, 6.45) is 5.23. The molecular weight excluding hydrogens is 424 g/mol. The third-order valence-corrected chi connectivity index (χ3v) is 5.90. The molecule has 0 saturated heterocycles. The maximum absolute atomic E-state index is 12.5. The minimum atomic E-state index is -0.194. The normalized spacial score (nSPS) is 11.0. The molecule has 3 heterocycles. The van der Waals surface area contributed by atoms with E-state index in [-0.39, 0.29) is 11.7 Å². The fourth-order valence-corrected chi connectivity index (χ4v) is 4.22. The van der Waals surface area contributed by atoms with Gasteiger partial charge in [-0.15, -0.1) is 10.2 Å². The number of amides is 1. The molecule has 0 aliphatic rings. The summed E-state index contributed by atoms with van der Waals surface area (Å²) in [5, 5.41) is 16.1. The van der Waals surface area contributed by atoms with Crippen LogP contribution in [0.25, 0.3) is 17.1 Å². The van der Waals surface area contributed by atoms with Crippen LogP contribution in [0.5, 0.6) is 0 Å². The average Bonchev–Trinajstić information content (AvgIpc) is 3.43. The Labute approximate surface area is 190 Å². The summed E-state index contributed by atoms with van der Waals surface area (Å²) in [7, 11) is 0. The van der Waals surface area contributed by atoms with Gasteiger partial charge in [-0.2, -0.15) is 0 Å². The van der Waals surface area contributed by atoms with Gasteiger partial charge < -0.3 is 9.84 Å². The lowest BCUT2D eigenvalue weighted by Gasteiger charge is -2.17. The standard InChI is InChI=1S/C23H24N6O2S/c1-4-16-8-6-9-17(5-2)21(16)29-22(18-10-7-11-24-13-18)26-27-23(29)32-14-20(30)25-19-12-15(3)31-28-19/h6-13H,4-5,14H2,1-3H3,(H,25,28,30). The highest BCUT2D eigenvalue weighted by molar-refractivity contribution is 7.99. The van der Waals surface area contributed by atoms with Gasteiger partial charge in [-0.25, -0.2) is 0 Å². The molecule has 3 aromatic heterocycles. The first-order valence-electron chi connectivity index (χ1n) is 10.4. The van der Waals surface area contributed by atoms with E-state index in [1.54, 1.807) is 25.4 Å². The lowest BCUT2D eigenvalue weighted by molar-refractivity contribution is -0.113. The number of nitrogens with zero attached hydrogens (tertiary/aromatic N) is 5. The van der Waals surface area contributed by atoms with Crippen molar-refractivity contribution in [3.8, 4) is 17.1 Å². The Morgan fingerprint density at radius 3 is 2.53 bits per heavy atom. The molecule has 0 unspecified atom stereocenters. The van der Waals surface area contributed by atoms with E-state index in [4.69, 9.17) is 4.52 Å². The van der Waals surface area contributed by atoms with Crippen LogP contribution in [0.2, 0.25) is 0 Å². The Morgan fingerprint density at radius 1 is 1.12 bits per heavy atom. The summed E-state index contributed by atoms with van der Waals surface area (Å²) >= 11 is 1.33. The van der Waals surface area contributed by atoms with Gasteiger partial charge >= 0.3 is 0 Å². The van der Waals surface area contributed by atoms with Crippen LogP contribution in [0.15, 0.2) is 58.5 Å². The van der Waals surface area contributed by atoms with Gasteiger partial charge in [0.15, 0.2) is 16.8 Å². The Balaban J connectivity index is 1.71. The lowest BCUT2D eigenvalue weighted by Crippen LogP contribution is -2.15. The van der Waals surface area contributed by atoms with Crippen molar-refractivity contribution in [1.82, 2.24) is 24.9 Å². The van der Waals surface area contributed by atoms with Crippen molar-refractivity contribution in [3.05, 3.63) is 65.7 Å². The molecule has 4 rings (SSSR count). The second-order valence-corrected chi connectivity index (χ2v) is 8.12. The van der Waals surface area contributed by atoms with Gasteiger partial charge in [-0.1, -0.05) is 49.0 Å². The molecule has 0 aliphatic carbocycles. The third-order valence-electron chi connectivity index (χ3n) is 4.97. The number of aryl methyl sites for hydroxylation is 3. The van der Waals surface area contributed by atoms with E-state index in [9.17, 15) is 4.79 Å². The van der Waals surface area contributed by atoms with E-state index in [2.05, 4.69) is 57.7 Å². The minimum Gasteiger partial charge on any atom is -0.360 e. The second-order valence-electron chi connectivity index (χ2n) is 7.17. The second kappa shape index (κ2) is 9.78. The number of rotatable bonds is 8. The Kier molecular flexibility index (Phi) is 6.65. The number of hydrogen-bond acceptors (Lipinski definition) is 7. The number of carbonyl (C=O) groups excluding carboxylic acids is 1. The predicted octanol–water partition coefficient (Wildman–Crippen LogP) is 4.48. The number of anilines is 1. The number of hydrogen-bond donors (Lipinski definition) is 1. The van der Waals surface area contributed by atoms with E-state index in [0.717, 1.165) is 24.1 Å². The average molecular weight is 449 g/mol. The summed E-state index contributed by atoms with van der Waals surface area (Å²) in [6, 6.07) is 11.8. The zero-order valence-electron chi connectivity index (χ0n) is 18.2. The van der Waals surface area contributed by atoms with Crippen LogP contribution >= 0.6 is 11.8 Å². The number of thioether (sulfide) groups is 1. The number of benzene rings is 1. The van der Waals surface area contributed by atoms with Crippen LogP contribution in [-0.4, -0.2) is 36.6 Å². The number of aromatic nitrogens is 5. The highest BCUT2D eigenvalue weighted by Gasteiger charge is 2.21. The van der Waals surface area contributed by atoms with Crippen LogP contribution in [0.3, 0.4) is 0 Å². The molecule has 0 bridgehead atoms. The molecule has 164 valence electrons. The van der Waals surface area contributed by atoms with Crippen LogP contribution in [0.4, 0.5) is 5.82 Å². The number of pyridine rings is 1. The maximum Gasteiger partial charge on any atom is 0.236 e. The molecular formula is C23H24N6O2S. The van der Waals surface area contributed by atoms with E-state index < -0.39 is 0 Å². The number of carbonyl (C=O) groups is 1. The number of para-hydroxylation sites is 1. The van der Waals surface area contributed by atoms with Crippen molar-refractivity contribution in [2.45, 2.75) is 38.8 Å². The third kappa shape index (κ3) is 4.57. The molecule has 8 nitrogen and oxygen atoms in total. The van der Waals surface area contributed by atoms with Crippen LogP contribution in [0.1, 0.15) is 30.7 Å². The molecule has 32 heavy (non-hydrogen) atoms. The van der Waals surface area contributed by atoms with Gasteiger partial charge in [0.05, 0.1) is 11.4 Å². The fraction of sp³-hybridized carbons (Fsp3) is 0.261. The van der Waals surface area contributed by atoms with Crippen molar-refractivity contribution in [3.63, 3.8) is 0 Å². The first kappa shape index (κ1) is 21.8. The van der Waals surface area contributed by atoms with E-state index in [1.807, 2.05) is 16.7 Å². The van der Waals surface area contributed by atoms with Crippen LogP contribution in [-0.2, 0) is 17.6 Å². The molecule has 4 aromatic rings. The monoisotopic (exact) mass is 448 g/mol. The van der Waals surface area contributed by atoms with Gasteiger partial charge in [0, 0.05) is 24.0 Å². The largest absolute Gasteiger partial charge is 0.360 e. The molecule has 0 atom stereocenters. The molecule has 1 aromatic carbocycles. The van der Waals surface area contributed by atoms with Gasteiger partial charge in [0.25, 0.3) is 0 Å². The van der Waals surface area contributed by atoms with Crippen molar-refractivity contribution >= 4 is 23.5 Å². The van der Waals surface area contributed by atoms with Gasteiger partial charge in [0.1, 0.15) is 5.76 Å². The lowest BCUT2D eigenvalue weighted by atomic mass is 10.0. The first-order chi connectivity index (χ1) is 15.6. The van der Waals surface area contributed by atoms with Crippen molar-refractivity contribution < 1.29 is 9.32 Å². The summed E-state index contributed by atoms with van der Waals surface area (Å²) in [5.74, 6) is 1.70. The number of nitrogens with one attached hydrogen (secondary N) is 1. The highest BCUT2D eigenvalue weighted by atomic mass is 32.2. The quantitative estimate of drug-likeness (QED) is 0.397. The summed E-state index contributed by atoms with van der Waals surface area (Å²) in [5.41, 5.74) is 4.32. The van der Waals surface area contributed by atoms with Gasteiger partial charge in [0.2, 0.25) is 5.91 Å². The molecule has 9 heteroatoms. The molecule has 0 saturated carbocycles. The zero-order valence-corrected chi connectivity index (χ0v) is 19.0. The topological polar surface area (TPSA) is 98.7 Å². The molecule has 0 aliphatic heterocycles. The van der Waals surface area contributed by atoms with E-state index in [0.29, 0.717) is 22.6 Å². The zero-order chi connectivity index (χ0) is 22.5. The summed E-state index contributed by atoms with van der Waals surface area (Å²) in [6.45, 7) is 6.04. The van der Waals surface area contributed by atoms with Gasteiger partial charge in [-0.05, 0) is 43.0 Å². The summed E-state index contributed by atoms with van der Waals surface area (Å²) in [4.78, 5) is 16.7. The molecule has 0 fully saturated rings.